The van der Waals surface area contributed by atoms with Crippen molar-refractivity contribution in [3.8, 4) is 5.75 Å². The second-order valence-electron chi connectivity index (χ2n) is 6.82. The molecule has 0 radical (unpaired) electrons. The van der Waals surface area contributed by atoms with E-state index in [2.05, 4.69) is 45.9 Å². The summed E-state index contributed by atoms with van der Waals surface area (Å²) in [7, 11) is 1.68. The molecule has 0 bridgehead atoms. The minimum absolute atomic E-state index is 0.636. The van der Waals surface area contributed by atoms with Crippen molar-refractivity contribution in [2.24, 2.45) is 0 Å². The van der Waals surface area contributed by atoms with E-state index in [1.165, 1.54) is 28.7 Å². The van der Waals surface area contributed by atoms with Crippen LogP contribution < -0.4 is 4.74 Å². The Morgan fingerprint density at radius 3 is 2.04 bits per heavy atom. The van der Waals surface area contributed by atoms with Gasteiger partial charge in [0.2, 0.25) is 0 Å². The fourth-order valence-electron chi connectivity index (χ4n) is 2.44. The standard InChI is InChI=1S/C23H34O2/c1-19(2)8-6-9-20(3)10-7-11-21(4)16-17-25-18-22-12-14-23(24-5)15-13-22/h8,10,12-16H,6-7,9,11,17-18H2,1-5H3. The van der Waals surface area contributed by atoms with E-state index in [-0.39, 0.29) is 0 Å². The predicted molar refractivity (Wildman–Crippen MR) is 108 cm³/mol. The summed E-state index contributed by atoms with van der Waals surface area (Å²) in [5, 5.41) is 0. The highest BCUT2D eigenvalue weighted by Gasteiger charge is 1.95. The van der Waals surface area contributed by atoms with Crippen LogP contribution in [0.15, 0.2) is 59.2 Å². The molecule has 0 unspecified atom stereocenters. The summed E-state index contributed by atoms with van der Waals surface area (Å²) in [6.45, 7) is 10.0. The molecule has 0 heterocycles. The second-order valence-corrected chi connectivity index (χ2v) is 6.82. The van der Waals surface area contributed by atoms with Crippen LogP contribution in [0.5, 0.6) is 5.75 Å². The summed E-state index contributed by atoms with van der Waals surface area (Å²) in [6, 6.07) is 8.01. The lowest BCUT2D eigenvalue weighted by Crippen LogP contribution is -1.94. The molecule has 0 aromatic heterocycles. The molecular weight excluding hydrogens is 308 g/mol. The fourth-order valence-corrected chi connectivity index (χ4v) is 2.44. The number of allylic oxidation sites excluding steroid dienone is 5. The van der Waals surface area contributed by atoms with Gasteiger partial charge in [-0.25, -0.2) is 0 Å². The van der Waals surface area contributed by atoms with Crippen LogP contribution in [0, 0.1) is 0 Å². The van der Waals surface area contributed by atoms with E-state index in [0.717, 1.165) is 25.0 Å². The Balaban J connectivity index is 2.21. The van der Waals surface area contributed by atoms with Gasteiger partial charge in [0.05, 0.1) is 20.3 Å². The molecule has 0 spiro atoms. The Bertz CT molecular complexity index is 573. The van der Waals surface area contributed by atoms with Crippen LogP contribution in [0.25, 0.3) is 0 Å². The monoisotopic (exact) mass is 342 g/mol. The van der Waals surface area contributed by atoms with E-state index in [0.29, 0.717) is 13.2 Å². The van der Waals surface area contributed by atoms with E-state index in [9.17, 15) is 0 Å². The van der Waals surface area contributed by atoms with Crippen LogP contribution in [0.2, 0.25) is 0 Å². The summed E-state index contributed by atoms with van der Waals surface area (Å²) in [5.41, 5.74) is 5.45. The second kappa shape index (κ2) is 12.5. The molecule has 1 rings (SSSR count). The normalized spacial score (nSPS) is 12.2. The predicted octanol–water partition coefficient (Wildman–Crippen LogP) is 6.63. The maximum absolute atomic E-state index is 5.73. The van der Waals surface area contributed by atoms with Crippen molar-refractivity contribution in [1.82, 2.24) is 0 Å². The van der Waals surface area contributed by atoms with E-state index in [4.69, 9.17) is 9.47 Å². The van der Waals surface area contributed by atoms with Crippen molar-refractivity contribution in [3.05, 3.63) is 64.8 Å². The van der Waals surface area contributed by atoms with Gasteiger partial charge in [-0.1, -0.05) is 47.1 Å². The van der Waals surface area contributed by atoms with Crippen molar-refractivity contribution >= 4 is 0 Å². The van der Waals surface area contributed by atoms with Gasteiger partial charge in [-0.3, -0.25) is 0 Å². The number of ether oxygens (including phenoxy) is 2. The number of hydrogen-bond donors (Lipinski definition) is 0. The van der Waals surface area contributed by atoms with Gasteiger partial charge in [0.25, 0.3) is 0 Å². The van der Waals surface area contributed by atoms with Crippen LogP contribution in [-0.2, 0) is 11.3 Å². The average molecular weight is 343 g/mol. The van der Waals surface area contributed by atoms with E-state index in [1.54, 1.807) is 7.11 Å². The smallest absolute Gasteiger partial charge is 0.118 e. The van der Waals surface area contributed by atoms with Crippen LogP contribution in [0.3, 0.4) is 0 Å². The van der Waals surface area contributed by atoms with Crippen LogP contribution >= 0.6 is 0 Å². The Morgan fingerprint density at radius 1 is 0.840 bits per heavy atom. The first-order chi connectivity index (χ1) is 12.0. The zero-order valence-corrected chi connectivity index (χ0v) is 16.6. The molecule has 1 aromatic rings. The maximum atomic E-state index is 5.73. The molecule has 0 saturated carbocycles. The maximum Gasteiger partial charge on any atom is 0.118 e. The molecule has 0 N–H and O–H groups in total. The molecule has 0 aliphatic heterocycles. The van der Waals surface area contributed by atoms with E-state index < -0.39 is 0 Å². The van der Waals surface area contributed by atoms with Gasteiger partial charge in [0, 0.05) is 0 Å². The summed E-state index contributed by atoms with van der Waals surface area (Å²) in [4.78, 5) is 0. The third-order valence-electron chi connectivity index (χ3n) is 4.10. The minimum Gasteiger partial charge on any atom is -0.497 e. The largest absolute Gasteiger partial charge is 0.497 e. The quantitative estimate of drug-likeness (QED) is 0.332. The highest BCUT2D eigenvalue weighted by atomic mass is 16.5. The van der Waals surface area contributed by atoms with Crippen molar-refractivity contribution < 1.29 is 9.47 Å². The number of benzene rings is 1. The molecule has 1 aromatic carbocycles. The van der Waals surface area contributed by atoms with Gasteiger partial charge in [-0.2, -0.15) is 0 Å². The molecule has 0 aliphatic carbocycles. The molecule has 0 amide bonds. The van der Waals surface area contributed by atoms with Crippen molar-refractivity contribution in [3.63, 3.8) is 0 Å². The zero-order chi connectivity index (χ0) is 18.5. The molecule has 0 saturated heterocycles. The molecule has 138 valence electrons. The molecule has 0 aliphatic rings. The van der Waals surface area contributed by atoms with Gasteiger partial charge in [-0.05, 0) is 71.1 Å². The first-order valence-corrected chi connectivity index (χ1v) is 9.16. The third kappa shape index (κ3) is 10.6. The highest BCUT2D eigenvalue weighted by Crippen LogP contribution is 2.13. The fraction of sp³-hybridized carbons (Fsp3) is 0.478. The number of methoxy groups -OCH3 is 1. The summed E-state index contributed by atoms with van der Waals surface area (Å²) < 4.78 is 10.9. The number of hydrogen-bond acceptors (Lipinski definition) is 2. The van der Waals surface area contributed by atoms with Crippen LogP contribution in [0.1, 0.15) is 58.9 Å². The Kier molecular flexibility index (Phi) is 10.7. The topological polar surface area (TPSA) is 18.5 Å². The van der Waals surface area contributed by atoms with Crippen LogP contribution in [-0.4, -0.2) is 13.7 Å². The minimum atomic E-state index is 0.636. The third-order valence-corrected chi connectivity index (χ3v) is 4.10. The summed E-state index contributed by atoms with van der Waals surface area (Å²) >= 11 is 0. The summed E-state index contributed by atoms with van der Waals surface area (Å²) in [5.74, 6) is 0.878. The van der Waals surface area contributed by atoms with E-state index >= 15 is 0 Å². The zero-order valence-electron chi connectivity index (χ0n) is 16.6. The Labute approximate surface area is 154 Å². The Morgan fingerprint density at radius 2 is 1.44 bits per heavy atom. The van der Waals surface area contributed by atoms with Gasteiger partial charge < -0.3 is 9.47 Å². The first-order valence-electron chi connectivity index (χ1n) is 9.16. The van der Waals surface area contributed by atoms with Gasteiger partial charge in [0.15, 0.2) is 0 Å². The van der Waals surface area contributed by atoms with E-state index in [1.807, 2.05) is 24.3 Å². The molecule has 2 heteroatoms. The lowest BCUT2D eigenvalue weighted by molar-refractivity contribution is 0.148. The Hall–Kier alpha value is -1.80. The molecule has 25 heavy (non-hydrogen) atoms. The first kappa shape index (κ1) is 21.2. The van der Waals surface area contributed by atoms with Crippen molar-refractivity contribution in [2.75, 3.05) is 13.7 Å². The van der Waals surface area contributed by atoms with Gasteiger partial charge in [-0.15, -0.1) is 0 Å². The SMILES string of the molecule is COc1ccc(COCC=C(C)CCC=C(C)CCC=C(C)C)cc1. The highest BCUT2D eigenvalue weighted by molar-refractivity contribution is 5.26. The number of rotatable bonds is 11. The summed E-state index contributed by atoms with van der Waals surface area (Å²) in [6.07, 6.45) is 11.4. The lowest BCUT2D eigenvalue weighted by atomic mass is 10.1. The van der Waals surface area contributed by atoms with Gasteiger partial charge >= 0.3 is 0 Å². The van der Waals surface area contributed by atoms with Crippen molar-refractivity contribution in [1.29, 1.82) is 0 Å². The lowest BCUT2D eigenvalue weighted by Gasteiger charge is -2.05. The molecular formula is C23H34O2. The molecule has 2 nitrogen and oxygen atoms in total. The molecule has 0 atom stereocenters. The molecule has 0 fully saturated rings. The van der Waals surface area contributed by atoms with Crippen molar-refractivity contribution in [2.45, 2.75) is 60.0 Å². The average Bonchev–Trinajstić information content (AvgIpc) is 2.59. The van der Waals surface area contributed by atoms with Crippen LogP contribution in [0.4, 0.5) is 0 Å². The van der Waals surface area contributed by atoms with Gasteiger partial charge in [0.1, 0.15) is 5.75 Å².